The molecule has 7 rings (SSSR count). The molecular weight excluding hydrogens is 604 g/mol. The maximum Gasteiger partial charge on any atom is 0.251 e. The largest absolute Gasteiger partial charge is 0.392 e. The summed E-state index contributed by atoms with van der Waals surface area (Å²) in [4.78, 5) is 30.4. The molecule has 3 aliphatic heterocycles. The van der Waals surface area contributed by atoms with Crippen molar-refractivity contribution in [2.75, 3.05) is 31.2 Å². The molecule has 2 amide bonds. The van der Waals surface area contributed by atoms with E-state index in [2.05, 4.69) is 32.6 Å². The summed E-state index contributed by atoms with van der Waals surface area (Å²) >= 11 is 0. The van der Waals surface area contributed by atoms with Gasteiger partial charge >= 0.3 is 0 Å². The van der Waals surface area contributed by atoms with Gasteiger partial charge in [-0.25, -0.2) is 0 Å². The maximum absolute atomic E-state index is 13.2. The highest BCUT2D eigenvalue weighted by atomic mass is 16.7. The Labute approximate surface area is 281 Å². The van der Waals surface area contributed by atoms with Gasteiger partial charge in [0.25, 0.3) is 5.91 Å². The average molecular weight is 647 g/mol. The molecule has 4 aromatic rings. The fraction of sp³-hybridized carbons (Fsp3) is 0.333. The van der Waals surface area contributed by atoms with Crippen LogP contribution in [0.2, 0.25) is 0 Å². The van der Waals surface area contributed by atoms with Gasteiger partial charge in [0.2, 0.25) is 5.91 Å². The fourth-order valence-corrected chi connectivity index (χ4v) is 7.13. The van der Waals surface area contributed by atoms with E-state index in [0.29, 0.717) is 25.2 Å². The molecule has 3 fully saturated rings. The molecule has 9 nitrogen and oxygen atoms in total. The lowest BCUT2D eigenvalue weighted by Gasteiger charge is -2.45. The summed E-state index contributed by atoms with van der Waals surface area (Å²) in [6.07, 6.45) is 1.34. The molecule has 248 valence electrons. The SMILES string of the molecule is O=C(NCc1ccc([C@@H]2O[C@H](CN3CCC4(CC3)C(=O)NCN4c3ccccc3)C[C@H](c3ccc(CO)cc3)O2)cc1)c1ccccc1. The van der Waals surface area contributed by atoms with E-state index in [-0.39, 0.29) is 30.6 Å². The molecule has 0 bridgehead atoms. The van der Waals surface area contributed by atoms with Crippen molar-refractivity contribution >= 4 is 17.5 Å². The smallest absolute Gasteiger partial charge is 0.251 e. The molecule has 0 radical (unpaired) electrons. The minimum absolute atomic E-state index is 0.00546. The van der Waals surface area contributed by atoms with Crippen molar-refractivity contribution in [1.82, 2.24) is 15.5 Å². The standard InChI is InChI=1S/C39H42N4O5/c44-26-29-13-15-30(16-14-29)35-23-34(25-42-21-19-39(20-22-42)38(46)41-27-43(39)33-9-5-2-6-10-33)47-37(48-35)32-17-11-28(12-18-32)24-40-36(45)31-7-3-1-4-8-31/h1-18,34-35,37,44H,19-27H2,(H,40,45)(H,41,46)/t34-,35+,37+/m0/s1. The van der Waals surface area contributed by atoms with Gasteiger partial charge in [-0.1, -0.05) is 84.9 Å². The molecule has 0 saturated carbocycles. The number of aliphatic hydroxyl groups excluding tert-OH is 1. The number of likely N-dealkylation sites (tertiary alicyclic amines) is 1. The topological polar surface area (TPSA) is 103 Å². The summed E-state index contributed by atoms with van der Waals surface area (Å²) in [6, 6.07) is 35.3. The van der Waals surface area contributed by atoms with Gasteiger partial charge < -0.3 is 35.0 Å². The number of benzene rings is 4. The van der Waals surface area contributed by atoms with Crippen LogP contribution in [0.25, 0.3) is 0 Å². The molecule has 3 aliphatic rings. The molecular formula is C39H42N4O5. The first-order valence-corrected chi connectivity index (χ1v) is 16.8. The van der Waals surface area contributed by atoms with E-state index >= 15 is 0 Å². The monoisotopic (exact) mass is 646 g/mol. The molecule has 48 heavy (non-hydrogen) atoms. The summed E-state index contributed by atoms with van der Waals surface area (Å²) in [5.74, 6) is 0.00402. The lowest BCUT2D eigenvalue weighted by Crippen LogP contribution is -2.57. The number of anilines is 1. The third kappa shape index (κ3) is 6.86. The van der Waals surface area contributed by atoms with Crippen LogP contribution in [0.4, 0.5) is 5.69 Å². The van der Waals surface area contributed by atoms with Gasteiger partial charge in [-0.3, -0.25) is 9.59 Å². The second-order valence-corrected chi connectivity index (χ2v) is 12.9. The zero-order valence-electron chi connectivity index (χ0n) is 27.0. The van der Waals surface area contributed by atoms with Gasteiger partial charge in [-0.15, -0.1) is 0 Å². The molecule has 0 unspecified atom stereocenters. The number of amides is 2. The number of rotatable bonds is 9. The van der Waals surface area contributed by atoms with E-state index in [1.165, 1.54) is 0 Å². The minimum atomic E-state index is -0.565. The molecule has 3 saturated heterocycles. The second kappa shape index (κ2) is 14.3. The zero-order valence-corrected chi connectivity index (χ0v) is 27.0. The fourth-order valence-electron chi connectivity index (χ4n) is 7.13. The number of nitrogens with zero attached hydrogens (tertiary/aromatic N) is 2. The zero-order chi connectivity index (χ0) is 32.9. The summed E-state index contributed by atoms with van der Waals surface area (Å²) in [5.41, 5.74) is 4.96. The van der Waals surface area contributed by atoms with Crippen LogP contribution in [0.3, 0.4) is 0 Å². The van der Waals surface area contributed by atoms with E-state index < -0.39 is 11.8 Å². The predicted molar refractivity (Wildman–Crippen MR) is 183 cm³/mol. The van der Waals surface area contributed by atoms with Crippen LogP contribution < -0.4 is 15.5 Å². The summed E-state index contributed by atoms with van der Waals surface area (Å²) < 4.78 is 13.2. The van der Waals surface area contributed by atoms with Crippen molar-refractivity contribution in [1.29, 1.82) is 0 Å². The van der Waals surface area contributed by atoms with Crippen LogP contribution in [0.1, 0.15) is 64.3 Å². The number of para-hydroxylation sites is 1. The van der Waals surface area contributed by atoms with E-state index in [1.807, 2.05) is 84.9 Å². The number of carbonyl (C=O) groups excluding carboxylic acids is 2. The number of ether oxygens (including phenoxy) is 2. The van der Waals surface area contributed by atoms with E-state index in [0.717, 1.165) is 60.4 Å². The number of hydrogen-bond acceptors (Lipinski definition) is 7. The molecule has 3 atom stereocenters. The summed E-state index contributed by atoms with van der Waals surface area (Å²) in [6.45, 7) is 3.26. The average Bonchev–Trinajstić information content (AvgIpc) is 3.46. The number of carbonyl (C=O) groups is 2. The third-order valence-electron chi connectivity index (χ3n) is 9.91. The van der Waals surface area contributed by atoms with Crippen LogP contribution in [0.5, 0.6) is 0 Å². The Morgan fingerprint density at radius 3 is 2.17 bits per heavy atom. The van der Waals surface area contributed by atoms with Crippen molar-refractivity contribution in [2.24, 2.45) is 0 Å². The third-order valence-corrected chi connectivity index (χ3v) is 9.91. The van der Waals surface area contributed by atoms with Gasteiger partial charge in [0.05, 0.1) is 25.5 Å². The highest BCUT2D eigenvalue weighted by Gasteiger charge is 2.50. The number of hydrogen-bond donors (Lipinski definition) is 3. The molecule has 0 aromatic heterocycles. The Kier molecular flexibility index (Phi) is 9.54. The molecule has 1 spiro atoms. The van der Waals surface area contributed by atoms with Crippen LogP contribution >= 0.6 is 0 Å². The second-order valence-electron chi connectivity index (χ2n) is 12.9. The molecule has 4 aromatic carbocycles. The van der Waals surface area contributed by atoms with Crippen molar-refractivity contribution < 1.29 is 24.2 Å². The Hall–Kier alpha value is -4.54. The van der Waals surface area contributed by atoms with Gasteiger partial charge in [0.15, 0.2) is 6.29 Å². The Morgan fingerprint density at radius 2 is 1.48 bits per heavy atom. The van der Waals surface area contributed by atoms with Crippen LogP contribution in [0.15, 0.2) is 109 Å². The molecule has 3 heterocycles. The Bertz CT molecular complexity index is 1680. The van der Waals surface area contributed by atoms with Gasteiger partial charge in [-0.05, 0) is 53.8 Å². The highest BCUT2D eigenvalue weighted by Crippen LogP contribution is 2.40. The first kappa shape index (κ1) is 32.0. The predicted octanol–water partition coefficient (Wildman–Crippen LogP) is 5.08. The molecule has 0 aliphatic carbocycles. The molecule has 9 heteroatoms. The van der Waals surface area contributed by atoms with Crippen LogP contribution in [-0.2, 0) is 27.4 Å². The highest BCUT2D eigenvalue weighted by molar-refractivity contribution is 5.94. The summed E-state index contributed by atoms with van der Waals surface area (Å²) in [5, 5.41) is 15.7. The first-order valence-electron chi connectivity index (χ1n) is 16.8. The number of piperidine rings is 1. The Balaban J connectivity index is 1.03. The van der Waals surface area contributed by atoms with Gasteiger partial charge in [-0.2, -0.15) is 0 Å². The minimum Gasteiger partial charge on any atom is -0.392 e. The van der Waals surface area contributed by atoms with Gasteiger partial charge in [0.1, 0.15) is 5.54 Å². The van der Waals surface area contributed by atoms with Crippen molar-refractivity contribution in [2.45, 2.75) is 56.5 Å². The number of nitrogens with one attached hydrogen (secondary N) is 2. The van der Waals surface area contributed by atoms with E-state index in [1.54, 1.807) is 12.1 Å². The maximum atomic E-state index is 13.2. The van der Waals surface area contributed by atoms with E-state index in [4.69, 9.17) is 9.47 Å². The lowest BCUT2D eigenvalue weighted by molar-refractivity contribution is -0.253. The first-order chi connectivity index (χ1) is 23.5. The van der Waals surface area contributed by atoms with Crippen molar-refractivity contribution in [3.8, 4) is 0 Å². The Morgan fingerprint density at radius 1 is 0.833 bits per heavy atom. The quantitative estimate of drug-likeness (QED) is 0.233. The van der Waals surface area contributed by atoms with Crippen molar-refractivity contribution in [3.63, 3.8) is 0 Å². The van der Waals surface area contributed by atoms with Crippen molar-refractivity contribution in [3.05, 3.63) is 137 Å². The van der Waals surface area contributed by atoms with Crippen LogP contribution in [0, 0.1) is 0 Å². The lowest BCUT2D eigenvalue weighted by atomic mass is 9.85. The van der Waals surface area contributed by atoms with E-state index in [9.17, 15) is 14.7 Å². The normalized spacial score (nSPS) is 22.4. The van der Waals surface area contributed by atoms with Gasteiger partial charge in [0, 0.05) is 49.4 Å². The molecule has 3 N–H and O–H groups in total. The number of aliphatic hydroxyl groups is 1. The van der Waals surface area contributed by atoms with Crippen LogP contribution in [-0.4, -0.2) is 59.8 Å². The summed E-state index contributed by atoms with van der Waals surface area (Å²) in [7, 11) is 0.